The number of rotatable bonds is 1. The Morgan fingerprint density at radius 1 is 1.38 bits per heavy atom. The van der Waals surface area contributed by atoms with Crippen molar-refractivity contribution in [3.8, 4) is 0 Å². The highest BCUT2D eigenvalue weighted by Gasteiger charge is 2.23. The van der Waals surface area contributed by atoms with Crippen LogP contribution in [-0.2, 0) is 0 Å². The van der Waals surface area contributed by atoms with Crippen molar-refractivity contribution in [2.45, 2.75) is 26.3 Å². The molecule has 0 aromatic heterocycles. The quantitative estimate of drug-likeness (QED) is 0.578. The fourth-order valence-corrected chi connectivity index (χ4v) is 1.97. The van der Waals surface area contributed by atoms with Crippen LogP contribution in [-0.4, -0.2) is 12.3 Å². The molecule has 1 aliphatic heterocycles. The molecule has 1 heteroatoms. The van der Waals surface area contributed by atoms with Gasteiger partial charge in [0, 0.05) is 12.1 Å². The molecule has 0 aromatic rings. The molecule has 0 N–H and O–H groups in total. The Bertz CT molecular complexity index is 318. The second kappa shape index (κ2) is 3.33. The van der Waals surface area contributed by atoms with E-state index in [9.17, 15) is 0 Å². The standard InChI is InChI=1S/C12H15N/c1-3-10-8-13-9(2)11-6-4-5-7-12(10)11/h4-9,11H,3H2,1-2H3. The van der Waals surface area contributed by atoms with Crippen LogP contribution in [0, 0.1) is 5.92 Å². The van der Waals surface area contributed by atoms with Crippen molar-refractivity contribution in [2.75, 3.05) is 0 Å². The predicted octanol–water partition coefficient (Wildman–Crippen LogP) is 2.91. The molecule has 0 fully saturated rings. The van der Waals surface area contributed by atoms with Crippen molar-refractivity contribution in [3.05, 3.63) is 35.5 Å². The molecule has 2 atom stereocenters. The Kier molecular flexibility index (Phi) is 2.17. The van der Waals surface area contributed by atoms with E-state index in [4.69, 9.17) is 0 Å². The summed E-state index contributed by atoms with van der Waals surface area (Å²) in [4.78, 5) is 4.50. The minimum atomic E-state index is 0.409. The molecule has 0 aromatic carbocycles. The van der Waals surface area contributed by atoms with Gasteiger partial charge >= 0.3 is 0 Å². The molecule has 68 valence electrons. The highest BCUT2D eigenvalue weighted by molar-refractivity contribution is 5.82. The van der Waals surface area contributed by atoms with E-state index in [1.165, 1.54) is 11.1 Å². The lowest BCUT2D eigenvalue weighted by atomic mass is 9.83. The summed E-state index contributed by atoms with van der Waals surface area (Å²) in [5, 5.41) is 0. The van der Waals surface area contributed by atoms with Crippen LogP contribution >= 0.6 is 0 Å². The van der Waals surface area contributed by atoms with Gasteiger partial charge in [0.15, 0.2) is 0 Å². The third-order valence-electron chi connectivity index (χ3n) is 2.80. The molecule has 2 aliphatic rings. The Hall–Kier alpha value is -1.11. The second-order valence-electron chi connectivity index (χ2n) is 3.62. The van der Waals surface area contributed by atoms with Crippen LogP contribution in [0.25, 0.3) is 0 Å². The van der Waals surface area contributed by atoms with Crippen LogP contribution in [0.15, 0.2) is 40.4 Å². The van der Waals surface area contributed by atoms with Gasteiger partial charge in [-0.1, -0.05) is 31.2 Å². The SMILES string of the molecule is CCC1=C2C=CC=CC2C(C)N=C1. The molecular weight excluding hydrogens is 158 g/mol. The van der Waals surface area contributed by atoms with Gasteiger partial charge in [0.25, 0.3) is 0 Å². The molecule has 1 nitrogen and oxygen atoms in total. The monoisotopic (exact) mass is 173 g/mol. The fraction of sp³-hybridized carbons (Fsp3) is 0.417. The molecular formula is C12H15N. The zero-order chi connectivity index (χ0) is 9.26. The normalized spacial score (nSPS) is 30.9. The molecule has 1 aliphatic carbocycles. The van der Waals surface area contributed by atoms with E-state index >= 15 is 0 Å². The van der Waals surface area contributed by atoms with Gasteiger partial charge in [0.1, 0.15) is 0 Å². The lowest BCUT2D eigenvalue weighted by Gasteiger charge is -2.26. The van der Waals surface area contributed by atoms with E-state index < -0.39 is 0 Å². The molecule has 0 spiro atoms. The number of fused-ring (bicyclic) bond motifs is 1. The number of hydrogen-bond acceptors (Lipinski definition) is 1. The van der Waals surface area contributed by atoms with Crippen LogP contribution in [0.3, 0.4) is 0 Å². The summed E-state index contributed by atoms with van der Waals surface area (Å²) < 4.78 is 0. The van der Waals surface area contributed by atoms with Gasteiger partial charge in [0.2, 0.25) is 0 Å². The summed E-state index contributed by atoms with van der Waals surface area (Å²) in [6.07, 6.45) is 11.9. The summed E-state index contributed by atoms with van der Waals surface area (Å²) in [5.74, 6) is 0.518. The largest absolute Gasteiger partial charge is 0.289 e. The first-order valence-corrected chi connectivity index (χ1v) is 4.94. The maximum absolute atomic E-state index is 4.50. The van der Waals surface area contributed by atoms with Crippen LogP contribution in [0.4, 0.5) is 0 Å². The van der Waals surface area contributed by atoms with Gasteiger partial charge < -0.3 is 0 Å². The first-order valence-electron chi connectivity index (χ1n) is 4.94. The minimum Gasteiger partial charge on any atom is -0.289 e. The third kappa shape index (κ3) is 1.39. The van der Waals surface area contributed by atoms with E-state index in [-0.39, 0.29) is 0 Å². The van der Waals surface area contributed by atoms with E-state index in [0.29, 0.717) is 12.0 Å². The summed E-state index contributed by atoms with van der Waals surface area (Å²) in [6, 6.07) is 0.409. The van der Waals surface area contributed by atoms with Crippen molar-refractivity contribution < 1.29 is 0 Å². The Morgan fingerprint density at radius 2 is 2.23 bits per heavy atom. The number of dihydropyridines is 1. The molecule has 0 bridgehead atoms. The molecule has 0 saturated carbocycles. The average Bonchev–Trinajstić information content (AvgIpc) is 2.19. The number of aliphatic imine (C=N–C) groups is 1. The van der Waals surface area contributed by atoms with E-state index in [1.54, 1.807) is 0 Å². The number of allylic oxidation sites excluding steroid dienone is 4. The van der Waals surface area contributed by atoms with Gasteiger partial charge in [-0.15, -0.1) is 0 Å². The molecule has 0 amide bonds. The minimum absolute atomic E-state index is 0.409. The van der Waals surface area contributed by atoms with Crippen molar-refractivity contribution in [2.24, 2.45) is 10.9 Å². The van der Waals surface area contributed by atoms with Gasteiger partial charge in [-0.2, -0.15) is 0 Å². The van der Waals surface area contributed by atoms with E-state index in [0.717, 1.165) is 6.42 Å². The number of hydrogen-bond donors (Lipinski definition) is 0. The third-order valence-corrected chi connectivity index (χ3v) is 2.80. The van der Waals surface area contributed by atoms with Crippen LogP contribution in [0.1, 0.15) is 20.3 Å². The van der Waals surface area contributed by atoms with Crippen LogP contribution in [0.5, 0.6) is 0 Å². The Morgan fingerprint density at radius 3 is 3.00 bits per heavy atom. The smallest absolute Gasteiger partial charge is 0.0574 e. The highest BCUT2D eigenvalue weighted by Crippen LogP contribution is 2.30. The van der Waals surface area contributed by atoms with Gasteiger partial charge in [-0.25, -0.2) is 0 Å². The average molecular weight is 173 g/mol. The van der Waals surface area contributed by atoms with Crippen molar-refractivity contribution in [1.82, 2.24) is 0 Å². The molecule has 0 radical (unpaired) electrons. The molecule has 2 unspecified atom stereocenters. The van der Waals surface area contributed by atoms with Crippen molar-refractivity contribution in [3.63, 3.8) is 0 Å². The lowest BCUT2D eigenvalue weighted by molar-refractivity contribution is 0.604. The van der Waals surface area contributed by atoms with Crippen LogP contribution < -0.4 is 0 Å². The lowest BCUT2D eigenvalue weighted by Crippen LogP contribution is -2.21. The second-order valence-corrected chi connectivity index (χ2v) is 3.62. The zero-order valence-corrected chi connectivity index (χ0v) is 8.20. The predicted molar refractivity (Wildman–Crippen MR) is 57.0 cm³/mol. The van der Waals surface area contributed by atoms with E-state index in [1.807, 2.05) is 6.21 Å². The Balaban J connectivity index is 2.42. The van der Waals surface area contributed by atoms with Gasteiger partial charge in [-0.3, -0.25) is 4.99 Å². The first-order chi connectivity index (χ1) is 6.33. The maximum Gasteiger partial charge on any atom is 0.0574 e. The maximum atomic E-state index is 4.50. The summed E-state index contributed by atoms with van der Waals surface area (Å²) in [6.45, 7) is 4.37. The van der Waals surface area contributed by atoms with Crippen LogP contribution in [0.2, 0.25) is 0 Å². The fourth-order valence-electron chi connectivity index (χ4n) is 1.97. The number of nitrogens with zero attached hydrogens (tertiary/aromatic N) is 1. The topological polar surface area (TPSA) is 12.4 Å². The molecule has 1 heterocycles. The summed E-state index contributed by atoms with van der Waals surface area (Å²) >= 11 is 0. The molecule has 13 heavy (non-hydrogen) atoms. The van der Waals surface area contributed by atoms with Crippen molar-refractivity contribution >= 4 is 6.21 Å². The van der Waals surface area contributed by atoms with Gasteiger partial charge in [-0.05, 0) is 24.5 Å². The molecule has 2 rings (SSSR count). The van der Waals surface area contributed by atoms with Crippen molar-refractivity contribution in [1.29, 1.82) is 0 Å². The summed E-state index contributed by atoms with van der Waals surface area (Å²) in [5.41, 5.74) is 2.86. The molecule has 0 saturated heterocycles. The van der Waals surface area contributed by atoms with E-state index in [2.05, 4.69) is 43.1 Å². The zero-order valence-electron chi connectivity index (χ0n) is 8.20. The van der Waals surface area contributed by atoms with Gasteiger partial charge in [0.05, 0.1) is 6.04 Å². The first kappa shape index (κ1) is 8.49. The Labute approximate surface area is 79.6 Å². The summed E-state index contributed by atoms with van der Waals surface area (Å²) in [7, 11) is 0. The highest BCUT2D eigenvalue weighted by atomic mass is 14.8.